The second-order valence-corrected chi connectivity index (χ2v) is 1.31. The number of nitrogens with zero attached hydrogens (tertiary/aromatic N) is 1. The van der Waals surface area contributed by atoms with E-state index in [0.29, 0.717) is 13.2 Å². The van der Waals surface area contributed by atoms with Gasteiger partial charge < -0.3 is 0 Å². The molecule has 4 nitrogen and oxygen atoms in total. The van der Waals surface area contributed by atoms with Gasteiger partial charge >= 0.3 is 0 Å². The van der Waals surface area contributed by atoms with Gasteiger partial charge in [-0.3, -0.25) is 9.68 Å². The van der Waals surface area contributed by atoms with E-state index in [1.54, 1.807) is 0 Å². The summed E-state index contributed by atoms with van der Waals surface area (Å²) in [6.07, 6.45) is 0.924. The van der Waals surface area contributed by atoms with Crippen molar-refractivity contribution in [3.8, 4) is 0 Å². The van der Waals surface area contributed by atoms with Crippen molar-refractivity contribution in [3.63, 3.8) is 0 Å². The van der Waals surface area contributed by atoms with Crippen molar-refractivity contribution < 1.29 is 9.68 Å². The Morgan fingerprint density at radius 1 is 1.29 bits per heavy atom. The summed E-state index contributed by atoms with van der Waals surface area (Å²) in [5.74, 6) is 5.02. The second kappa shape index (κ2) is 2.23. The third kappa shape index (κ3) is 1.40. The number of hydrazine groups is 1. The summed E-state index contributed by atoms with van der Waals surface area (Å²) < 4.78 is 0. The standard InChI is InChI=1S/C3H8N2O2/c4-5-6-2-1-3-7-5/h1-4H2. The molecule has 1 aliphatic rings. The predicted octanol–water partition coefficient (Wildman–Crippen LogP) is -0.571. The van der Waals surface area contributed by atoms with Gasteiger partial charge in [0, 0.05) is 5.34 Å². The molecule has 0 bridgehead atoms. The SMILES string of the molecule is NN1OCCCO1. The van der Waals surface area contributed by atoms with Crippen LogP contribution in [-0.2, 0) is 9.68 Å². The molecule has 0 spiro atoms. The van der Waals surface area contributed by atoms with E-state index < -0.39 is 0 Å². The first-order valence-electron chi connectivity index (χ1n) is 2.20. The highest BCUT2D eigenvalue weighted by Gasteiger charge is 2.04. The average Bonchev–Trinajstić information content (AvgIpc) is 1.69. The van der Waals surface area contributed by atoms with Gasteiger partial charge in [-0.25, -0.2) is 5.84 Å². The van der Waals surface area contributed by atoms with Crippen LogP contribution in [0.4, 0.5) is 0 Å². The maximum Gasteiger partial charge on any atom is 0.0749 e. The van der Waals surface area contributed by atoms with Crippen LogP contribution < -0.4 is 5.84 Å². The summed E-state index contributed by atoms with van der Waals surface area (Å²) in [6, 6.07) is 0. The van der Waals surface area contributed by atoms with Crippen LogP contribution in [-0.4, -0.2) is 18.5 Å². The molecule has 0 saturated carbocycles. The highest BCUT2D eigenvalue weighted by molar-refractivity contribution is 4.31. The molecule has 0 aromatic carbocycles. The first-order chi connectivity index (χ1) is 3.39. The van der Waals surface area contributed by atoms with Gasteiger partial charge in [-0.1, -0.05) is 0 Å². The van der Waals surface area contributed by atoms with Crippen LogP contribution in [0.3, 0.4) is 0 Å². The number of nitrogens with two attached hydrogens (primary N) is 1. The summed E-state index contributed by atoms with van der Waals surface area (Å²) in [5, 5.41) is 0.892. The zero-order valence-electron chi connectivity index (χ0n) is 3.96. The third-order valence-corrected chi connectivity index (χ3v) is 0.726. The largest absolute Gasteiger partial charge is 0.260 e. The summed E-state index contributed by atoms with van der Waals surface area (Å²) in [4.78, 5) is 9.33. The smallest absolute Gasteiger partial charge is 0.0749 e. The van der Waals surface area contributed by atoms with E-state index >= 15 is 0 Å². The fraction of sp³-hybridized carbons (Fsp3) is 1.00. The molecule has 1 fully saturated rings. The van der Waals surface area contributed by atoms with Gasteiger partial charge in [0.2, 0.25) is 0 Å². The van der Waals surface area contributed by atoms with Crippen LogP contribution in [0.2, 0.25) is 0 Å². The van der Waals surface area contributed by atoms with Gasteiger partial charge in [0.15, 0.2) is 0 Å². The molecule has 0 radical (unpaired) electrons. The molecule has 1 aliphatic heterocycles. The number of hydrogen-bond acceptors (Lipinski definition) is 4. The van der Waals surface area contributed by atoms with E-state index in [-0.39, 0.29) is 0 Å². The molecule has 0 atom stereocenters. The minimum Gasteiger partial charge on any atom is -0.260 e. The van der Waals surface area contributed by atoms with E-state index in [4.69, 9.17) is 5.84 Å². The summed E-state index contributed by atoms with van der Waals surface area (Å²) >= 11 is 0. The monoisotopic (exact) mass is 104 g/mol. The fourth-order valence-corrected chi connectivity index (χ4v) is 0.405. The van der Waals surface area contributed by atoms with Gasteiger partial charge in [-0.15, -0.1) is 0 Å². The van der Waals surface area contributed by atoms with Crippen LogP contribution in [0.25, 0.3) is 0 Å². The van der Waals surface area contributed by atoms with Crippen LogP contribution in [0.1, 0.15) is 6.42 Å². The first-order valence-corrected chi connectivity index (χ1v) is 2.20. The molecular formula is C3H8N2O2. The Kier molecular flexibility index (Phi) is 1.59. The van der Waals surface area contributed by atoms with Crippen LogP contribution >= 0.6 is 0 Å². The van der Waals surface area contributed by atoms with E-state index in [1.807, 2.05) is 0 Å². The highest BCUT2D eigenvalue weighted by atomic mass is 17.0. The molecule has 0 unspecified atom stereocenters. The van der Waals surface area contributed by atoms with Gasteiger partial charge in [0.05, 0.1) is 13.2 Å². The van der Waals surface area contributed by atoms with Crippen molar-refractivity contribution in [2.75, 3.05) is 13.2 Å². The second-order valence-electron chi connectivity index (χ2n) is 1.31. The zero-order valence-corrected chi connectivity index (χ0v) is 3.96. The summed E-state index contributed by atoms with van der Waals surface area (Å²) in [6.45, 7) is 1.33. The molecule has 0 aromatic rings. The third-order valence-electron chi connectivity index (χ3n) is 0.726. The van der Waals surface area contributed by atoms with Crippen LogP contribution in [0.5, 0.6) is 0 Å². The Balaban J connectivity index is 2.12. The molecule has 0 aliphatic carbocycles. The lowest BCUT2D eigenvalue weighted by molar-refractivity contribution is -0.396. The molecular weight excluding hydrogens is 96.0 g/mol. The van der Waals surface area contributed by atoms with Crippen molar-refractivity contribution in [1.82, 2.24) is 5.34 Å². The van der Waals surface area contributed by atoms with Crippen molar-refractivity contribution in [2.24, 2.45) is 5.84 Å². The fourth-order valence-electron chi connectivity index (χ4n) is 0.405. The highest BCUT2D eigenvalue weighted by Crippen LogP contribution is 1.94. The molecule has 1 saturated heterocycles. The molecule has 4 heteroatoms. The zero-order chi connectivity index (χ0) is 5.11. The van der Waals surface area contributed by atoms with Gasteiger partial charge in [0.25, 0.3) is 0 Å². The Morgan fingerprint density at radius 3 is 2.14 bits per heavy atom. The van der Waals surface area contributed by atoms with Gasteiger partial charge in [-0.2, -0.15) is 0 Å². The average molecular weight is 104 g/mol. The topological polar surface area (TPSA) is 47.7 Å². The summed E-state index contributed by atoms with van der Waals surface area (Å²) in [5.41, 5.74) is 0. The summed E-state index contributed by atoms with van der Waals surface area (Å²) in [7, 11) is 0. The van der Waals surface area contributed by atoms with Crippen molar-refractivity contribution in [3.05, 3.63) is 0 Å². The molecule has 0 aromatic heterocycles. The Bertz CT molecular complexity index is 52.9. The molecule has 0 amide bonds. The Labute approximate surface area is 41.7 Å². The van der Waals surface area contributed by atoms with E-state index in [9.17, 15) is 0 Å². The maximum absolute atomic E-state index is 5.02. The van der Waals surface area contributed by atoms with Crippen molar-refractivity contribution >= 4 is 0 Å². The van der Waals surface area contributed by atoms with Crippen LogP contribution in [0, 0.1) is 0 Å². The lowest BCUT2D eigenvalue weighted by Gasteiger charge is -2.19. The number of hydrogen-bond donors (Lipinski definition) is 1. The van der Waals surface area contributed by atoms with Gasteiger partial charge in [0.1, 0.15) is 0 Å². The van der Waals surface area contributed by atoms with Crippen molar-refractivity contribution in [1.29, 1.82) is 0 Å². The Morgan fingerprint density at radius 2 is 1.86 bits per heavy atom. The minimum absolute atomic E-state index is 0.663. The van der Waals surface area contributed by atoms with E-state index in [1.165, 1.54) is 0 Å². The van der Waals surface area contributed by atoms with Gasteiger partial charge in [-0.05, 0) is 6.42 Å². The first kappa shape index (κ1) is 4.99. The molecule has 1 heterocycles. The maximum atomic E-state index is 5.02. The lowest BCUT2D eigenvalue weighted by atomic mass is 10.5. The molecule has 1 rings (SSSR count). The number of rotatable bonds is 0. The molecule has 42 valence electrons. The quantitative estimate of drug-likeness (QED) is 0.418. The lowest BCUT2D eigenvalue weighted by Crippen LogP contribution is -2.36. The normalized spacial score (nSPS) is 25.3. The minimum atomic E-state index is 0.663. The van der Waals surface area contributed by atoms with Crippen molar-refractivity contribution in [2.45, 2.75) is 6.42 Å². The molecule has 7 heavy (non-hydrogen) atoms. The van der Waals surface area contributed by atoms with E-state index in [0.717, 1.165) is 11.8 Å². The Hall–Kier alpha value is -0.160. The van der Waals surface area contributed by atoms with Crippen LogP contribution in [0.15, 0.2) is 0 Å². The predicted molar refractivity (Wildman–Crippen MR) is 22.5 cm³/mol. The molecule has 2 N–H and O–H groups in total. The van der Waals surface area contributed by atoms with E-state index in [2.05, 4.69) is 9.68 Å².